The zero-order valence-electron chi connectivity index (χ0n) is 20.2. The third-order valence-electron chi connectivity index (χ3n) is 5.67. The molecule has 1 saturated heterocycles. The van der Waals surface area contributed by atoms with Gasteiger partial charge in [-0.05, 0) is 71.5 Å². The maximum Gasteiger partial charge on any atom is 0.494 e. The van der Waals surface area contributed by atoms with Crippen LogP contribution in [0.1, 0.15) is 74.3 Å². The smallest absolute Gasteiger partial charge is 0.444 e. The number of carbonyl (C=O) groups excluding carboxylic acids is 1. The molecule has 166 valence electrons. The van der Waals surface area contributed by atoms with Gasteiger partial charge in [0.25, 0.3) is 0 Å². The van der Waals surface area contributed by atoms with Gasteiger partial charge < -0.3 is 18.9 Å². The van der Waals surface area contributed by atoms with Crippen LogP contribution in [0.25, 0.3) is 5.57 Å². The van der Waals surface area contributed by atoms with Gasteiger partial charge in [0.15, 0.2) is 0 Å². The number of ether oxygens (including phenoxy) is 1. The summed E-state index contributed by atoms with van der Waals surface area (Å²) < 4.78 is 17.7. The molecule has 0 unspecified atom stereocenters. The third-order valence-corrected chi connectivity index (χ3v) is 5.67. The Morgan fingerprint density at radius 2 is 1.57 bits per heavy atom. The molecule has 6 heteroatoms. The van der Waals surface area contributed by atoms with E-state index in [1.54, 1.807) is 4.90 Å². The first kappa shape index (κ1) is 24.5. The van der Waals surface area contributed by atoms with Crippen LogP contribution in [0.4, 0.5) is 4.79 Å². The fourth-order valence-electron chi connectivity index (χ4n) is 3.26. The summed E-state index contributed by atoms with van der Waals surface area (Å²) in [5.41, 5.74) is 2.30. The lowest BCUT2D eigenvalue weighted by Gasteiger charge is -2.32. The molecule has 0 aliphatic carbocycles. The zero-order valence-corrected chi connectivity index (χ0v) is 20.2. The molecule has 0 spiro atoms. The summed E-state index contributed by atoms with van der Waals surface area (Å²) in [7, 11) is -0.345. The Balaban J connectivity index is 0.00000155. The molecule has 0 radical (unpaired) electrons. The number of hydrogen-bond donors (Lipinski definition) is 0. The number of nitrogens with zero attached hydrogens (tertiary/aromatic N) is 1. The second kappa shape index (κ2) is 9.15. The largest absolute Gasteiger partial charge is 0.494 e. The van der Waals surface area contributed by atoms with Gasteiger partial charge in [0.2, 0.25) is 0 Å². The second-order valence-corrected chi connectivity index (χ2v) is 9.62. The van der Waals surface area contributed by atoms with E-state index >= 15 is 0 Å². The number of benzene rings is 1. The van der Waals surface area contributed by atoms with Crippen molar-refractivity contribution in [2.75, 3.05) is 13.1 Å². The molecule has 30 heavy (non-hydrogen) atoms. The Labute approximate surface area is 182 Å². The molecule has 0 N–H and O–H groups in total. The molecule has 2 aliphatic heterocycles. The van der Waals surface area contributed by atoms with Gasteiger partial charge in [-0.3, -0.25) is 0 Å². The van der Waals surface area contributed by atoms with Gasteiger partial charge in [0.1, 0.15) is 5.60 Å². The average molecular weight is 415 g/mol. The molecular weight excluding hydrogens is 377 g/mol. The fraction of sp³-hybridized carbons (Fsp3) is 0.625. The van der Waals surface area contributed by atoms with Gasteiger partial charge in [0.05, 0.1) is 11.2 Å². The lowest BCUT2D eigenvalue weighted by Crippen LogP contribution is -2.41. The molecule has 2 heterocycles. The highest BCUT2D eigenvalue weighted by Crippen LogP contribution is 2.36. The predicted molar refractivity (Wildman–Crippen MR) is 124 cm³/mol. The SMILES string of the molecule is CC.CC(C)(C)OC(=O)N1CC=C(c2ccc(B3OC(C)(C)C(C)(C)O3)cc2)CC1. The highest BCUT2D eigenvalue weighted by atomic mass is 16.7. The molecule has 3 rings (SSSR count). The number of carbonyl (C=O) groups is 1. The summed E-state index contributed by atoms with van der Waals surface area (Å²) in [4.78, 5) is 13.9. The minimum absolute atomic E-state index is 0.251. The van der Waals surface area contributed by atoms with E-state index in [2.05, 4.69) is 58.0 Å². The van der Waals surface area contributed by atoms with Crippen molar-refractivity contribution in [2.24, 2.45) is 0 Å². The van der Waals surface area contributed by atoms with E-state index in [1.807, 2.05) is 34.6 Å². The minimum atomic E-state index is -0.468. The Kier molecular flexibility index (Phi) is 7.47. The maximum atomic E-state index is 12.2. The summed E-state index contributed by atoms with van der Waals surface area (Å²) in [5, 5.41) is 0. The third kappa shape index (κ3) is 5.67. The van der Waals surface area contributed by atoms with Gasteiger partial charge in [-0.1, -0.05) is 44.2 Å². The first-order valence-electron chi connectivity index (χ1n) is 11.0. The van der Waals surface area contributed by atoms with Crippen molar-refractivity contribution in [2.45, 2.75) is 85.5 Å². The van der Waals surface area contributed by atoms with Crippen LogP contribution in [0.5, 0.6) is 0 Å². The van der Waals surface area contributed by atoms with Crippen molar-refractivity contribution in [3.05, 3.63) is 35.9 Å². The Morgan fingerprint density at radius 1 is 1.03 bits per heavy atom. The van der Waals surface area contributed by atoms with Crippen LogP contribution in [0.2, 0.25) is 0 Å². The van der Waals surface area contributed by atoms with E-state index in [-0.39, 0.29) is 24.4 Å². The zero-order chi connectivity index (χ0) is 22.7. The highest BCUT2D eigenvalue weighted by molar-refractivity contribution is 6.62. The van der Waals surface area contributed by atoms with Crippen molar-refractivity contribution >= 4 is 24.2 Å². The van der Waals surface area contributed by atoms with E-state index in [4.69, 9.17) is 14.0 Å². The molecule has 0 atom stereocenters. The first-order chi connectivity index (χ1) is 13.9. The van der Waals surface area contributed by atoms with Crippen LogP contribution in [-0.4, -0.2) is 48.0 Å². The Morgan fingerprint density at radius 3 is 2.00 bits per heavy atom. The molecule has 1 aromatic carbocycles. The molecule has 0 saturated carbocycles. The molecule has 1 fully saturated rings. The van der Waals surface area contributed by atoms with Crippen LogP contribution >= 0.6 is 0 Å². The highest BCUT2D eigenvalue weighted by Gasteiger charge is 2.51. The Hall–Kier alpha value is -1.79. The van der Waals surface area contributed by atoms with Crippen molar-refractivity contribution in [1.29, 1.82) is 0 Å². The van der Waals surface area contributed by atoms with E-state index in [9.17, 15) is 4.79 Å². The minimum Gasteiger partial charge on any atom is -0.444 e. The van der Waals surface area contributed by atoms with Crippen LogP contribution in [0.3, 0.4) is 0 Å². The topological polar surface area (TPSA) is 48.0 Å². The van der Waals surface area contributed by atoms with Crippen molar-refractivity contribution in [3.63, 3.8) is 0 Å². The summed E-state index contributed by atoms with van der Waals surface area (Å²) in [6.45, 7) is 19.1. The van der Waals surface area contributed by atoms with Gasteiger partial charge >= 0.3 is 13.2 Å². The number of rotatable bonds is 2. The standard InChI is InChI=1S/C22H32BNO4.C2H6/c1-20(2,3)26-19(25)24-14-12-17(13-15-24)16-8-10-18(11-9-16)23-27-21(4,5)22(6,7)28-23;1-2/h8-12H,13-15H2,1-7H3;1-2H3. The summed E-state index contributed by atoms with van der Waals surface area (Å²) in [6.07, 6.45) is 2.67. The molecule has 0 bridgehead atoms. The van der Waals surface area contributed by atoms with Gasteiger partial charge in [0, 0.05) is 13.1 Å². The van der Waals surface area contributed by atoms with Crippen LogP contribution in [0.15, 0.2) is 30.3 Å². The van der Waals surface area contributed by atoms with E-state index in [1.165, 1.54) is 11.1 Å². The van der Waals surface area contributed by atoms with Crippen molar-refractivity contribution < 1.29 is 18.8 Å². The lowest BCUT2D eigenvalue weighted by molar-refractivity contribution is 0.00578. The van der Waals surface area contributed by atoms with Crippen LogP contribution in [0, 0.1) is 0 Å². The lowest BCUT2D eigenvalue weighted by atomic mass is 9.78. The molecule has 2 aliphatic rings. The quantitative estimate of drug-likeness (QED) is 0.636. The van der Waals surface area contributed by atoms with E-state index in [0.717, 1.165) is 11.9 Å². The van der Waals surface area contributed by atoms with Gasteiger partial charge in [-0.15, -0.1) is 0 Å². The summed E-state index contributed by atoms with van der Waals surface area (Å²) in [5.74, 6) is 0. The molecule has 1 aromatic rings. The van der Waals surface area contributed by atoms with E-state index < -0.39 is 5.60 Å². The molecule has 5 nitrogen and oxygen atoms in total. The van der Waals surface area contributed by atoms with Crippen LogP contribution < -0.4 is 5.46 Å². The van der Waals surface area contributed by atoms with Gasteiger partial charge in [-0.2, -0.15) is 0 Å². The fourth-order valence-corrected chi connectivity index (χ4v) is 3.26. The predicted octanol–water partition coefficient (Wildman–Crippen LogP) is 5.04. The van der Waals surface area contributed by atoms with Crippen LogP contribution in [-0.2, 0) is 14.0 Å². The normalized spacial score (nSPS) is 20.2. The first-order valence-corrected chi connectivity index (χ1v) is 11.0. The van der Waals surface area contributed by atoms with Gasteiger partial charge in [-0.25, -0.2) is 4.79 Å². The van der Waals surface area contributed by atoms with E-state index in [0.29, 0.717) is 13.1 Å². The summed E-state index contributed by atoms with van der Waals surface area (Å²) >= 11 is 0. The number of amides is 1. The van der Waals surface area contributed by atoms with Crippen molar-refractivity contribution in [3.8, 4) is 0 Å². The average Bonchev–Trinajstić information content (AvgIpc) is 2.90. The summed E-state index contributed by atoms with van der Waals surface area (Å²) in [6, 6.07) is 8.35. The Bertz CT molecular complexity index is 746. The molecule has 1 amide bonds. The maximum absolute atomic E-state index is 12.2. The monoisotopic (exact) mass is 415 g/mol. The molecule has 0 aromatic heterocycles. The van der Waals surface area contributed by atoms with Crippen molar-refractivity contribution in [1.82, 2.24) is 4.90 Å². The molecular formula is C24H38BNO4. The second-order valence-electron chi connectivity index (χ2n) is 9.62. The number of hydrogen-bond acceptors (Lipinski definition) is 4.